The van der Waals surface area contributed by atoms with Crippen molar-refractivity contribution in [2.75, 3.05) is 5.01 Å². The Bertz CT molecular complexity index is 1330. The van der Waals surface area contributed by atoms with Gasteiger partial charge < -0.3 is 9.55 Å². The number of fused-ring (bicyclic) bond motifs is 3. The van der Waals surface area contributed by atoms with Crippen molar-refractivity contribution in [3.63, 3.8) is 0 Å². The summed E-state index contributed by atoms with van der Waals surface area (Å²) in [5, 5.41) is 9.35. The Morgan fingerprint density at radius 1 is 0.844 bits per heavy atom. The molecule has 0 spiro atoms. The van der Waals surface area contributed by atoms with E-state index in [4.69, 9.17) is 5.10 Å². The van der Waals surface area contributed by atoms with E-state index in [0.717, 1.165) is 23.6 Å². The van der Waals surface area contributed by atoms with Crippen LogP contribution < -0.4 is 5.01 Å². The summed E-state index contributed by atoms with van der Waals surface area (Å²) in [4.78, 5) is 3.26. The molecule has 32 heavy (non-hydrogen) atoms. The lowest BCUT2D eigenvalue weighted by Gasteiger charge is -2.17. The normalized spacial score (nSPS) is 11.7. The lowest BCUT2D eigenvalue weighted by molar-refractivity contribution is 0.627. The van der Waals surface area contributed by atoms with Crippen molar-refractivity contribution < 1.29 is 0 Å². The van der Waals surface area contributed by atoms with Crippen LogP contribution in [0.5, 0.6) is 0 Å². The Kier molecular flexibility index (Phi) is 5.75. The largest absolute Gasteiger partial charge is 0.347 e. The molecule has 0 saturated heterocycles. The Hall–Kier alpha value is -3.79. The van der Waals surface area contributed by atoms with Crippen molar-refractivity contribution in [1.29, 1.82) is 0 Å². The van der Waals surface area contributed by atoms with Crippen LogP contribution in [0.3, 0.4) is 0 Å². The Labute approximate surface area is 188 Å². The molecule has 4 heteroatoms. The van der Waals surface area contributed by atoms with Crippen molar-refractivity contribution in [3.05, 3.63) is 96.7 Å². The molecule has 3 aromatic carbocycles. The number of aromatic amines is 1. The predicted molar refractivity (Wildman–Crippen MR) is 136 cm³/mol. The lowest BCUT2D eigenvalue weighted by atomic mass is 10.1. The maximum atomic E-state index is 4.83. The molecule has 1 N–H and O–H groups in total. The first-order chi connectivity index (χ1) is 15.8. The molecule has 2 aromatic heterocycles. The molecule has 5 rings (SSSR count). The first kappa shape index (κ1) is 20.1. The van der Waals surface area contributed by atoms with E-state index in [2.05, 4.69) is 71.1 Å². The molecule has 0 fully saturated rings. The first-order valence-electron chi connectivity index (χ1n) is 11.4. The predicted octanol–water partition coefficient (Wildman–Crippen LogP) is 7.49. The SMILES string of the molecule is CCCCCn1c2ccccc2c2cc(C=NN(c3ccccc3)c3ccc[nH]3)ccc21. The van der Waals surface area contributed by atoms with Crippen LogP contribution in [0, 0.1) is 0 Å². The minimum atomic E-state index is 0.932. The third-order valence-electron chi connectivity index (χ3n) is 5.91. The molecule has 0 bridgehead atoms. The van der Waals surface area contributed by atoms with Gasteiger partial charge in [0.25, 0.3) is 0 Å². The Morgan fingerprint density at radius 2 is 1.66 bits per heavy atom. The summed E-state index contributed by atoms with van der Waals surface area (Å²) >= 11 is 0. The summed E-state index contributed by atoms with van der Waals surface area (Å²) in [5.41, 5.74) is 4.70. The van der Waals surface area contributed by atoms with E-state index in [9.17, 15) is 0 Å². The second-order valence-corrected chi connectivity index (χ2v) is 8.10. The third-order valence-corrected chi connectivity index (χ3v) is 5.91. The van der Waals surface area contributed by atoms with Crippen LogP contribution in [0.4, 0.5) is 11.5 Å². The highest BCUT2D eigenvalue weighted by molar-refractivity contribution is 6.09. The number of anilines is 2. The van der Waals surface area contributed by atoms with E-state index in [1.165, 1.54) is 41.1 Å². The molecule has 0 saturated carbocycles. The highest BCUT2D eigenvalue weighted by Crippen LogP contribution is 2.30. The van der Waals surface area contributed by atoms with Gasteiger partial charge >= 0.3 is 0 Å². The molecule has 0 radical (unpaired) electrons. The van der Waals surface area contributed by atoms with Gasteiger partial charge in [-0.25, -0.2) is 5.01 Å². The van der Waals surface area contributed by atoms with Crippen LogP contribution in [0.25, 0.3) is 21.8 Å². The van der Waals surface area contributed by atoms with Gasteiger partial charge in [-0.15, -0.1) is 0 Å². The average molecular weight is 421 g/mol. The fourth-order valence-electron chi connectivity index (χ4n) is 4.33. The number of aromatic nitrogens is 2. The van der Waals surface area contributed by atoms with Gasteiger partial charge in [0.1, 0.15) is 5.82 Å². The minimum absolute atomic E-state index is 0.932. The monoisotopic (exact) mass is 420 g/mol. The van der Waals surface area contributed by atoms with Gasteiger partial charge in [-0.1, -0.05) is 62.2 Å². The van der Waals surface area contributed by atoms with Gasteiger partial charge in [0.05, 0.1) is 11.9 Å². The van der Waals surface area contributed by atoms with E-state index in [1.54, 1.807) is 0 Å². The summed E-state index contributed by atoms with van der Waals surface area (Å²) in [6, 6.07) is 29.6. The van der Waals surface area contributed by atoms with Gasteiger partial charge in [0, 0.05) is 34.5 Å². The van der Waals surface area contributed by atoms with E-state index in [0.29, 0.717) is 0 Å². The van der Waals surface area contributed by atoms with Gasteiger partial charge in [-0.05, 0) is 54.4 Å². The van der Waals surface area contributed by atoms with Crippen molar-refractivity contribution in [1.82, 2.24) is 9.55 Å². The number of nitrogens with one attached hydrogen (secondary N) is 1. The number of hydrazone groups is 1. The van der Waals surface area contributed by atoms with Gasteiger partial charge in [0.2, 0.25) is 0 Å². The molecule has 2 heterocycles. The zero-order valence-electron chi connectivity index (χ0n) is 18.4. The number of hydrogen-bond acceptors (Lipinski definition) is 2. The molecule has 0 aliphatic heterocycles. The fourth-order valence-corrected chi connectivity index (χ4v) is 4.33. The fraction of sp³-hybridized carbons (Fsp3) is 0.179. The van der Waals surface area contributed by atoms with E-state index < -0.39 is 0 Å². The summed E-state index contributed by atoms with van der Waals surface area (Å²) < 4.78 is 2.47. The molecule has 0 aliphatic rings. The molecular formula is C28H28N4. The van der Waals surface area contributed by atoms with Crippen molar-refractivity contribution in [2.45, 2.75) is 32.7 Å². The molecule has 5 aromatic rings. The summed E-state index contributed by atoms with van der Waals surface area (Å²) in [6.07, 6.45) is 7.55. The van der Waals surface area contributed by atoms with Crippen molar-refractivity contribution in [3.8, 4) is 0 Å². The molecule has 0 atom stereocenters. The second kappa shape index (κ2) is 9.15. The quantitative estimate of drug-likeness (QED) is 0.158. The number of unbranched alkanes of at least 4 members (excludes halogenated alkanes) is 2. The topological polar surface area (TPSA) is 36.3 Å². The van der Waals surface area contributed by atoms with Crippen LogP contribution >= 0.6 is 0 Å². The van der Waals surface area contributed by atoms with Gasteiger partial charge in [-0.2, -0.15) is 5.10 Å². The lowest BCUT2D eigenvalue weighted by Crippen LogP contribution is -2.09. The summed E-state index contributed by atoms with van der Waals surface area (Å²) in [7, 11) is 0. The summed E-state index contributed by atoms with van der Waals surface area (Å²) in [6.45, 7) is 3.31. The molecule has 0 unspecified atom stereocenters. The van der Waals surface area contributed by atoms with E-state index in [-0.39, 0.29) is 0 Å². The number of aryl methyl sites for hydroxylation is 1. The maximum absolute atomic E-state index is 4.83. The Balaban J connectivity index is 1.53. The molecule has 0 aliphatic carbocycles. The molecule has 4 nitrogen and oxygen atoms in total. The van der Waals surface area contributed by atoms with Crippen molar-refractivity contribution >= 4 is 39.5 Å². The number of benzene rings is 3. The zero-order chi connectivity index (χ0) is 21.8. The van der Waals surface area contributed by atoms with Crippen LogP contribution in [-0.4, -0.2) is 15.8 Å². The average Bonchev–Trinajstić information content (AvgIpc) is 3.47. The third kappa shape index (κ3) is 3.92. The number of para-hydroxylation sites is 2. The highest BCUT2D eigenvalue weighted by atomic mass is 15.5. The van der Waals surface area contributed by atoms with Gasteiger partial charge in [0.15, 0.2) is 0 Å². The second-order valence-electron chi connectivity index (χ2n) is 8.10. The molecular weight excluding hydrogens is 392 g/mol. The Morgan fingerprint density at radius 3 is 2.47 bits per heavy atom. The van der Waals surface area contributed by atoms with Crippen molar-refractivity contribution in [2.24, 2.45) is 5.10 Å². The first-order valence-corrected chi connectivity index (χ1v) is 11.4. The minimum Gasteiger partial charge on any atom is -0.347 e. The standard InChI is InChI=1S/C28H28N4/c1-2-3-9-19-31-26-14-8-7-13-24(26)25-20-22(16-17-27(25)31)21-30-32(28-15-10-18-29-28)23-11-5-4-6-12-23/h4-8,10-18,20-21,29H,2-3,9,19H2,1H3. The van der Waals surface area contributed by atoms with Crippen LogP contribution in [0.2, 0.25) is 0 Å². The van der Waals surface area contributed by atoms with E-state index in [1.807, 2.05) is 47.8 Å². The summed E-state index contributed by atoms with van der Waals surface area (Å²) in [5.74, 6) is 0.932. The zero-order valence-corrected chi connectivity index (χ0v) is 18.4. The number of rotatable bonds is 8. The number of hydrogen-bond donors (Lipinski definition) is 1. The molecule has 0 amide bonds. The highest BCUT2D eigenvalue weighted by Gasteiger charge is 2.11. The van der Waals surface area contributed by atoms with E-state index >= 15 is 0 Å². The smallest absolute Gasteiger partial charge is 0.132 e. The number of nitrogens with zero attached hydrogens (tertiary/aromatic N) is 3. The van der Waals surface area contributed by atoms with Crippen LogP contribution in [0.15, 0.2) is 96.2 Å². The maximum Gasteiger partial charge on any atom is 0.132 e. The van der Waals surface area contributed by atoms with Crippen LogP contribution in [0.1, 0.15) is 31.7 Å². The van der Waals surface area contributed by atoms with Gasteiger partial charge in [-0.3, -0.25) is 0 Å². The molecule has 160 valence electrons. The van der Waals surface area contributed by atoms with Crippen LogP contribution in [-0.2, 0) is 6.54 Å². The number of H-pyrrole nitrogens is 1.